The van der Waals surface area contributed by atoms with E-state index in [0.29, 0.717) is 11.3 Å². The Bertz CT molecular complexity index is 867. The van der Waals surface area contributed by atoms with Crippen LogP contribution in [-0.2, 0) is 15.5 Å². The van der Waals surface area contributed by atoms with Gasteiger partial charge in [0.25, 0.3) is 0 Å². The second-order valence-electron chi connectivity index (χ2n) is 9.10. The van der Waals surface area contributed by atoms with Gasteiger partial charge in [-0.15, -0.1) is 0 Å². The number of unbranched alkanes of at least 4 members (excludes halogenated alkanes) is 2. The van der Waals surface area contributed by atoms with Crippen molar-refractivity contribution in [3.8, 4) is 11.5 Å². The summed E-state index contributed by atoms with van der Waals surface area (Å²) in [6, 6.07) is 3.64. The Morgan fingerprint density at radius 2 is 1.97 bits per heavy atom. The number of hydrogen-bond donors (Lipinski definition) is 3. The van der Waals surface area contributed by atoms with Gasteiger partial charge in [0.1, 0.15) is 11.5 Å². The highest BCUT2D eigenvalue weighted by molar-refractivity contribution is 7.46. The Labute approximate surface area is 186 Å². The van der Waals surface area contributed by atoms with Crippen molar-refractivity contribution in [2.45, 2.75) is 84.8 Å². The third-order valence-electron chi connectivity index (χ3n) is 5.66. The summed E-state index contributed by atoms with van der Waals surface area (Å²) in [5.74, 6) is -1.09. The minimum absolute atomic E-state index is 0.123. The first kappa shape index (κ1) is 25.7. The van der Waals surface area contributed by atoms with Crippen molar-refractivity contribution in [3.63, 3.8) is 0 Å². The summed E-state index contributed by atoms with van der Waals surface area (Å²) in [6.45, 7) is 13.2. The number of aromatic hydroxyl groups is 1. The average molecular weight is 453 g/mol. The van der Waals surface area contributed by atoms with Crippen molar-refractivity contribution >= 4 is 7.82 Å². The van der Waals surface area contributed by atoms with Crippen molar-refractivity contribution in [3.05, 3.63) is 47.1 Å². The first-order valence-electron chi connectivity index (χ1n) is 11.0. The van der Waals surface area contributed by atoms with Gasteiger partial charge in [0.2, 0.25) is 5.79 Å². The maximum absolute atomic E-state index is 11.4. The third kappa shape index (κ3) is 7.50. The molecule has 0 saturated carbocycles. The molecular formula is C24H37O6P. The zero-order valence-electron chi connectivity index (χ0n) is 19.4. The molecule has 174 valence electrons. The van der Waals surface area contributed by atoms with Gasteiger partial charge in [0.05, 0.1) is 0 Å². The molecule has 7 heteroatoms. The summed E-state index contributed by atoms with van der Waals surface area (Å²) < 4.78 is 22.3. The van der Waals surface area contributed by atoms with Crippen LogP contribution in [0.15, 0.2) is 35.9 Å². The summed E-state index contributed by atoms with van der Waals surface area (Å²) in [5, 5.41) is 11.1. The molecule has 2 rings (SSSR count). The lowest BCUT2D eigenvalue weighted by atomic mass is 9.73. The van der Waals surface area contributed by atoms with Gasteiger partial charge in [-0.2, -0.15) is 0 Å². The molecule has 0 radical (unpaired) electrons. The molecule has 0 spiro atoms. The van der Waals surface area contributed by atoms with Gasteiger partial charge in [0.15, 0.2) is 0 Å². The van der Waals surface area contributed by atoms with Crippen molar-refractivity contribution < 1.29 is 28.7 Å². The molecule has 1 aromatic carbocycles. The fourth-order valence-electron chi connectivity index (χ4n) is 4.29. The van der Waals surface area contributed by atoms with E-state index in [2.05, 4.69) is 26.5 Å². The lowest BCUT2D eigenvalue weighted by Crippen LogP contribution is -2.31. The number of ether oxygens (including phenoxy) is 1. The summed E-state index contributed by atoms with van der Waals surface area (Å²) in [7, 11) is -4.77. The van der Waals surface area contributed by atoms with E-state index in [1.807, 2.05) is 13.0 Å². The predicted octanol–water partition coefficient (Wildman–Crippen LogP) is 6.37. The SMILES string of the molecule is C=C(C)C1CCC(C)=CC1c1c(O)cc(CCCCC)cc1OC(C)(C)OP(=O)(O)O. The fourth-order valence-corrected chi connectivity index (χ4v) is 4.90. The zero-order chi connectivity index (χ0) is 23.4. The Morgan fingerprint density at radius 1 is 1.29 bits per heavy atom. The van der Waals surface area contributed by atoms with Gasteiger partial charge < -0.3 is 19.6 Å². The van der Waals surface area contributed by atoms with E-state index >= 15 is 0 Å². The topological polar surface area (TPSA) is 96.2 Å². The monoisotopic (exact) mass is 452 g/mol. The Morgan fingerprint density at radius 3 is 2.55 bits per heavy atom. The molecule has 2 unspecified atom stereocenters. The molecule has 0 heterocycles. The minimum Gasteiger partial charge on any atom is -0.507 e. The van der Waals surface area contributed by atoms with Gasteiger partial charge in [-0.1, -0.05) is 43.6 Å². The number of allylic oxidation sites excluding steroid dienone is 3. The Kier molecular flexibility index (Phi) is 8.57. The molecule has 0 aliphatic heterocycles. The van der Waals surface area contributed by atoms with E-state index in [9.17, 15) is 19.5 Å². The summed E-state index contributed by atoms with van der Waals surface area (Å²) >= 11 is 0. The molecule has 0 amide bonds. The second-order valence-corrected chi connectivity index (χ2v) is 10.3. The number of phenolic OH excluding ortho intramolecular Hbond substituents is 1. The van der Waals surface area contributed by atoms with Gasteiger partial charge in [0, 0.05) is 25.3 Å². The second kappa shape index (κ2) is 10.4. The molecule has 0 fully saturated rings. The third-order valence-corrected chi connectivity index (χ3v) is 6.33. The summed E-state index contributed by atoms with van der Waals surface area (Å²) in [4.78, 5) is 18.6. The maximum atomic E-state index is 11.4. The van der Waals surface area contributed by atoms with Gasteiger partial charge in [-0.05, 0) is 63.1 Å². The highest BCUT2D eigenvalue weighted by Gasteiger charge is 2.35. The number of phosphoric ester groups is 1. The van der Waals surface area contributed by atoms with Crippen LogP contribution in [0.5, 0.6) is 11.5 Å². The molecular weight excluding hydrogens is 415 g/mol. The molecule has 0 saturated heterocycles. The maximum Gasteiger partial charge on any atom is 0.472 e. The Balaban J connectivity index is 2.56. The average Bonchev–Trinajstić information content (AvgIpc) is 2.58. The molecule has 1 aromatic rings. The molecule has 2 atom stereocenters. The van der Waals surface area contributed by atoms with Crippen LogP contribution in [-0.4, -0.2) is 20.7 Å². The highest BCUT2D eigenvalue weighted by Crippen LogP contribution is 2.49. The smallest absolute Gasteiger partial charge is 0.472 e. The van der Waals surface area contributed by atoms with Crippen molar-refractivity contribution in [1.29, 1.82) is 0 Å². The summed E-state index contributed by atoms with van der Waals surface area (Å²) in [5.41, 5.74) is 3.77. The van der Waals surface area contributed by atoms with Crippen molar-refractivity contribution in [1.82, 2.24) is 0 Å². The number of phosphoric acid groups is 1. The van der Waals surface area contributed by atoms with Crippen LogP contribution in [0.1, 0.15) is 83.8 Å². The molecule has 3 N–H and O–H groups in total. The van der Waals surface area contributed by atoms with Crippen molar-refractivity contribution in [2.75, 3.05) is 0 Å². The lowest BCUT2D eigenvalue weighted by molar-refractivity contribution is -0.0966. The van der Waals surface area contributed by atoms with E-state index in [4.69, 9.17) is 9.26 Å². The Hall–Kier alpha value is -1.59. The number of benzene rings is 1. The minimum atomic E-state index is -4.77. The first-order valence-corrected chi connectivity index (χ1v) is 12.5. The van der Waals surface area contributed by atoms with E-state index in [0.717, 1.165) is 49.7 Å². The van der Waals surface area contributed by atoms with Crippen LogP contribution in [0.25, 0.3) is 0 Å². The van der Waals surface area contributed by atoms with E-state index in [1.54, 1.807) is 6.07 Å². The van der Waals surface area contributed by atoms with E-state index < -0.39 is 13.6 Å². The van der Waals surface area contributed by atoms with Crippen LogP contribution >= 0.6 is 7.82 Å². The standard InChI is InChI=1S/C24H37O6P/c1-7-8-9-10-18-14-21(25)23(20-13-17(4)11-12-19(20)16(2)3)22(15-18)29-24(5,6)30-31(26,27)28/h13-15,19-20,25H,2,7-12H2,1,3-6H3,(H2,26,27,28). The number of hydrogen-bond acceptors (Lipinski definition) is 4. The molecule has 31 heavy (non-hydrogen) atoms. The van der Waals surface area contributed by atoms with Crippen LogP contribution in [0.3, 0.4) is 0 Å². The molecule has 0 aromatic heterocycles. The van der Waals surface area contributed by atoms with Crippen LogP contribution in [0, 0.1) is 5.92 Å². The van der Waals surface area contributed by atoms with E-state index in [1.165, 1.54) is 19.4 Å². The number of phenols is 1. The number of rotatable bonds is 10. The van der Waals surface area contributed by atoms with Gasteiger partial charge in [-0.3, -0.25) is 0 Å². The molecule has 0 bridgehead atoms. The quantitative estimate of drug-likeness (QED) is 0.165. The van der Waals surface area contributed by atoms with Gasteiger partial charge >= 0.3 is 7.82 Å². The first-order chi connectivity index (χ1) is 14.3. The normalized spacial score (nSPS) is 19.8. The van der Waals surface area contributed by atoms with Crippen LogP contribution < -0.4 is 4.74 Å². The highest BCUT2D eigenvalue weighted by atomic mass is 31.2. The predicted molar refractivity (Wildman–Crippen MR) is 123 cm³/mol. The van der Waals surface area contributed by atoms with Crippen LogP contribution in [0.2, 0.25) is 0 Å². The molecule has 6 nitrogen and oxygen atoms in total. The van der Waals surface area contributed by atoms with E-state index in [-0.39, 0.29) is 17.6 Å². The lowest BCUT2D eigenvalue weighted by Gasteiger charge is -2.34. The van der Waals surface area contributed by atoms with Crippen LogP contribution in [0.4, 0.5) is 0 Å². The zero-order valence-corrected chi connectivity index (χ0v) is 20.2. The van der Waals surface area contributed by atoms with Crippen molar-refractivity contribution in [2.24, 2.45) is 5.92 Å². The largest absolute Gasteiger partial charge is 0.507 e. The summed E-state index contributed by atoms with van der Waals surface area (Å²) in [6.07, 6.45) is 7.94. The fraction of sp³-hybridized carbons (Fsp3) is 0.583. The molecule has 1 aliphatic rings. The molecule has 1 aliphatic carbocycles. The van der Waals surface area contributed by atoms with Gasteiger partial charge in [-0.25, -0.2) is 9.09 Å². The number of aryl methyl sites for hydroxylation is 1.